The Kier molecular flexibility index (Phi) is 5.30. The second kappa shape index (κ2) is 6.79. The molecular weight excluding hydrogens is 319 g/mol. The first-order valence-corrected chi connectivity index (χ1v) is 8.29. The summed E-state index contributed by atoms with van der Waals surface area (Å²) in [6, 6.07) is 3.81. The highest BCUT2D eigenvalue weighted by molar-refractivity contribution is 9.10. The molecule has 20 heavy (non-hydrogen) atoms. The van der Waals surface area contributed by atoms with Gasteiger partial charge in [-0.3, -0.25) is 0 Å². The van der Waals surface area contributed by atoms with Crippen molar-refractivity contribution < 1.29 is 4.39 Å². The van der Waals surface area contributed by atoms with Crippen LogP contribution in [0.2, 0.25) is 0 Å². The standard InChI is InChI=1S/C16H24BrFN2/c1-11(2)7-8-20(12-5-3-4-6-12)16-9-13(17)14(18)10-15(16)19/h9-12H,3-8,19H2,1-2H3. The summed E-state index contributed by atoms with van der Waals surface area (Å²) < 4.78 is 14.1. The molecule has 0 aromatic heterocycles. The molecule has 0 bridgehead atoms. The van der Waals surface area contributed by atoms with Gasteiger partial charge in [0.15, 0.2) is 0 Å². The number of rotatable bonds is 5. The van der Waals surface area contributed by atoms with Crippen LogP contribution < -0.4 is 10.6 Å². The topological polar surface area (TPSA) is 29.3 Å². The van der Waals surface area contributed by atoms with Gasteiger partial charge in [0, 0.05) is 18.7 Å². The number of benzene rings is 1. The van der Waals surface area contributed by atoms with E-state index in [9.17, 15) is 4.39 Å². The van der Waals surface area contributed by atoms with Crippen molar-refractivity contribution in [1.82, 2.24) is 0 Å². The quantitative estimate of drug-likeness (QED) is 0.765. The average molecular weight is 343 g/mol. The van der Waals surface area contributed by atoms with E-state index in [-0.39, 0.29) is 5.82 Å². The molecule has 2 nitrogen and oxygen atoms in total. The zero-order chi connectivity index (χ0) is 14.7. The SMILES string of the molecule is CC(C)CCN(c1cc(Br)c(F)cc1N)C1CCCC1. The molecular formula is C16H24BrFN2. The van der Waals surface area contributed by atoms with Crippen LogP contribution in [0.3, 0.4) is 0 Å². The Bertz CT molecular complexity index is 456. The molecule has 0 spiro atoms. The van der Waals surface area contributed by atoms with Crippen molar-refractivity contribution in [2.45, 2.75) is 52.0 Å². The smallest absolute Gasteiger partial charge is 0.139 e. The third-order valence-electron chi connectivity index (χ3n) is 4.09. The third-order valence-corrected chi connectivity index (χ3v) is 4.70. The van der Waals surface area contributed by atoms with Gasteiger partial charge in [-0.2, -0.15) is 0 Å². The first kappa shape index (κ1) is 15.6. The lowest BCUT2D eigenvalue weighted by molar-refractivity contribution is 0.528. The maximum Gasteiger partial charge on any atom is 0.139 e. The fourth-order valence-electron chi connectivity index (χ4n) is 2.91. The van der Waals surface area contributed by atoms with E-state index >= 15 is 0 Å². The Balaban J connectivity index is 2.27. The summed E-state index contributed by atoms with van der Waals surface area (Å²) >= 11 is 3.28. The molecule has 1 aliphatic rings. The monoisotopic (exact) mass is 342 g/mol. The van der Waals surface area contributed by atoms with Gasteiger partial charge in [-0.05, 0) is 47.2 Å². The summed E-state index contributed by atoms with van der Waals surface area (Å²) in [6.45, 7) is 5.46. The largest absolute Gasteiger partial charge is 0.397 e. The minimum Gasteiger partial charge on any atom is -0.397 e. The van der Waals surface area contributed by atoms with Crippen molar-refractivity contribution in [3.05, 3.63) is 22.4 Å². The van der Waals surface area contributed by atoms with Crippen molar-refractivity contribution in [1.29, 1.82) is 0 Å². The summed E-state index contributed by atoms with van der Waals surface area (Å²) in [4.78, 5) is 2.40. The lowest BCUT2D eigenvalue weighted by Gasteiger charge is -2.33. The van der Waals surface area contributed by atoms with Gasteiger partial charge in [-0.1, -0.05) is 26.7 Å². The van der Waals surface area contributed by atoms with Crippen molar-refractivity contribution in [3.63, 3.8) is 0 Å². The van der Waals surface area contributed by atoms with Crippen LogP contribution in [0.15, 0.2) is 16.6 Å². The van der Waals surface area contributed by atoms with Gasteiger partial charge in [0.2, 0.25) is 0 Å². The van der Waals surface area contributed by atoms with Gasteiger partial charge in [-0.25, -0.2) is 4.39 Å². The normalized spacial score (nSPS) is 16.1. The van der Waals surface area contributed by atoms with Crippen LogP contribution in [0.4, 0.5) is 15.8 Å². The summed E-state index contributed by atoms with van der Waals surface area (Å²) in [6.07, 6.45) is 6.13. The zero-order valence-corrected chi connectivity index (χ0v) is 13.9. The third kappa shape index (κ3) is 3.66. The van der Waals surface area contributed by atoms with Crippen LogP contribution in [-0.2, 0) is 0 Å². The summed E-state index contributed by atoms with van der Waals surface area (Å²) in [5, 5.41) is 0. The van der Waals surface area contributed by atoms with Crippen LogP contribution >= 0.6 is 15.9 Å². The van der Waals surface area contributed by atoms with Crippen molar-refractivity contribution in [3.8, 4) is 0 Å². The minimum absolute atomic E-state index is 0.290. The van der Waals surface area contributed by atoms with E-state index in [4.69, 9.17) is 5.73 Å². The first-order chi connectivity index (χ1) is 9.49. The average Bonchev–Trinajstić information content (AvgIpc) is 2.89. The maximum atomic E-state index is 13.6. The van der Waals surface area contributed by atoms with Crippen LogP contribution in [0.1, 0.15) is 46.0 Å². The van der Waals surface area contributed by atoms with Gasteiger partial charge in [0.05, 0.1) is 15.8 Å². The van der Waals surface area contributed by atoms with E-state index in [0.29, 0.717) is 22.1 Å². The molecule has 4 heteroatoms. The highest BCUT2D eigenvalue weighted by Gasteiger charge is 2.25. The summed E-state index contributed by atoms with van der Waals surface area (Å²) in [5.74, 6) is 0.366. The van der Waals surface area contributed by atoms with Crippen LogP contribution in [0.5, 0.6) is 0 Å². The van der Waals surface area contributed by atoms with Crippen molar-refractivity contribution >= 4 is 27.3 Å². The molecule has 0 saturated heterocycles. The Morgan fingerprint density at radius 1 is 1.35 bits per heavy atom. The molecule has 1 saturated carbocycles. The second-order valence-electron chi connectivity index (χ2n) is 6.14. The molecule has 1 aromatic carbocycles. The number of anilines is 2. The molecule has 0 unspecified atom stereocenters. The van der Waals surface area contributed by atoms with Crippen LogP contribution in [0, 0.1) is 11.7 Å². The van der Waals surface area contributed by atoms with E-state index in [0.717, 1.165) is 18.7 Å². The maximum absolute atomic E-state index is 13.6. The lowest BCUT2D eigenvalue weighted by atomic mass is 10.1. The Morgan fingerprint density at radius 2 is 2.00 bits per heavy atom. The molecule has 0 heterocycles. The predicted octanol–water partition coefficient (Wildman–Crippen LogP) is 4.97. The molecule has 1 aromatic rings. The Hall–Kier alpha value is -0.770. The van der Waals surface area contributed by atoms with Gasteiger partial charge in [0.1, 0.15) is 5.82 Å². The molecule has 0 aliphatic heterocycles. The number of nitrogens with zero attached hydrogens (tertiary/aromatic N) is 1. The molecule has 1 fully saturated rings. The number of nitrogen functional groups attached to an aromatic ring is 1. The number of hydrogen-bond acceptors (Lipinski definition) is 2. The molecule has 0 amide bonds. The molecule has 0 atom stereocenters. The molecule has 112 valence electrons. The number of hydrogen-bond donors (Lipinski definition) is 1. The van der Waals surface area contributed by atoms with Gasteiger partial charge < -0.3 is 10.6 Å². The van der Waals surface area contributed by atoms with Gasteiger partial charge in [-0.15, -0.1) is 0 Å². The summed E-state index contributed by atoms with van der Waals surface area (Å²) in [5.41, 5.74) is 7.58. The van der Waals surface area contributed by atoms with E-state index < -0.39 is 0 Å². The van der Waals surface area contributed by atoms with E-state index in [2.05, 4.69) is 34.7 Å². The molecule has 1 aliphatic carbocycles. The van der Waals surface area contributed by atoms with Gasteiger partial charge >= 0.3 is 0 Å². The Morgan fingerprint density at radius 3 is 2.60 bits per heavy atom. The highest BCUT2D eigenvalue weighted by atomic mass is 79.9. The fraction of sp³-hybridized carbons (Fsp3) is 0.625. The fourth-order valence-corrected chi connectivity index (χ4v) is 3.24. The van der Waals surface area contributed by atoms with E-state index in [1.165, 1.54) is 31.7 Å². The second-order valence-corrected chi connectivity index (χ2v) is 6.99. The van der Waals surface area contributed by atoms with E-state index in [1.54, 1.807) is 0 Å². The molecule has 0 radical (unpaired) electrons. The summed E-state index contributed by atoms with van der Waals surface area (Å²) in [7, 11) is 0. The zero-order valence-electron chi connectivity index (χ0n) is 12.3. The van der Waals surface area contributed by atoms with Crippen molar-refractivity contribution in [2.75, 3.05) is 17.2 Å². The van der Waals surface area contributed by atoms with Crippen LogP contribution in [-0.4, -0.2) is 12.6 Å². The van der Waals surface area contributed by atoms with Crippen LogP contribution in [0.25, 0.3) is 0 Å². The molecule has 2 N–H and O–H groups in total. The highest BCUT2D eigenvalue weighted by Crippen LogP contribution is 2.35. The lowest BCUT2D eigenvalue weighted by Crippen LogP contribution is -2.35. The minimum atomic E-state index is -0.290. The first-order valence-electron chi connectivity index (χ1n) is 7.50. The van der Waals surface area contributed by atoms with Gasteiger partial charge in [0.25, 0.3) is 0 Å². The van der Waals surface area contributed by atoms with E-state index in [1.807, 2.05) is 6.07 Å². The molecule has 2 rings (SSSR count). The number of halogens is 2. The van der Waals surface area contributed by atoms with Crippen molar-refractivity contribution in [2.24, 2.45) is 5.92 Å². The predicted molar refractivity (Wildman–Crippen MR) is 87.6 cm³/mol. The Labute approximate surface area is 129 Å². The number of nitrogens with two attached hydrogens (primary N) is 1.